The summed E-state index contributed by atoms with van der Waals surface area (Å²) in [6, 6.07) is 14.7. The first kappa shape index (κ1) is 33.9. The second-order valence-electron chi connectivity index (χ2n) is 13.1. The summed E-state index contributed by atoms with van der Waals surface area (Å²) in [4.78, 5) is 31.0. The summed E-state index contributed by atoms with van der Waals surface area (Å²) in [7, 11) is -4.24. The van der Waals surface area contributed by atoms with Crippen molar-refractivity contribution in [3.63, 3.8) is 0 Å². The number of carbonyl (C=O) groups excluding carboxylic acids is 2. The molecule has 1 heterocycles. The molecule has 0 saturated carbocycles. The van der Waals surface area contributed by atoms with E-state index in [1.165, 1.54) is 4.31 Å². The number of nitrogens with one attached hydrogen (secondary N) is 1. The number of carbonyl (C=O) groups is 2. The van der Waals surface area contributed by atoms with Gasteiger partial charge < -0.3 is 14.8 Å². The molecule has 1 aliphatic carbocycles. The van der Waals surface area contributed by atoms with Gasteiger partial charge in [0.25, 0.3) is 0 Å². The normalized spacial score (nSPS) is 18.6. The summed E-state index contributed by atoms with van der Waals surface area (Å²) in [5.74, 6) is -0.651. The molecule has 2 aromatic carbocycles. The topological polar surface area (TPSA) is 114 Å². The van der Waals surface area contributed by atoms with Crippen LogP contribution in [0.1, 0.15) is 58.2 Å². The maximum atomic E-state index is 14.8. The smallest absolute Gasteiger partial charge is 0.407 e. The Kier molecular flexibility index (Phi) is 10.5. The minimum atomic E-state index is -4.24. The zero-order valence-corrected chi connectivity index (χ0v) is 27.6. The van der Waals surface area contributed by atoms with Crippen molar-refractivity contribution in [2.75, 3.05) is 0 Å². The van der Waals surface area contributed by atoms with Gasteiger partial charge in [-0.15, -0.1) is 0 Å². The highest BCUT2D eigenvalue weighted by Gasteiger charge is 2.45. The molecule has 0 aromatic heterocycles. The van der Waals surface area contributed by atoms with E-state index in [-0.39, 0.29) is 19.5 Å². The summed E-state index contributed by atoms with van der Waals surface area (Å²) in [5, 5.41) is 1.72. The highest BCUT2D eigenvalue weighted by molar-refractivity contribution is 7.90. The van der Waals surface area contributed by atoms with Crippen LogP contribution in [-0.4, -0.2) is 59.5 Å². The number of fused-ring (bicyclic) bond motifs is 1. The molecule has 0 saturated heterocycles. The van der Waals surface area contributed by atoms with Crippen LogP contribution in [0.3, 0.4) is 0 Å². The van der Waals surface area contributed by atoms with E-state index in [1.54, 1.807) is 78.1 Å². The average molecular weight is 634 g/mol. The number of alkyl carbamates (subject to hydrolysis) is 1. The standard InChI is InChI=1S/C35H43N3O6S/c1-34(2,3)43-32(39)29(22-25-14-8-7-9-15-25)38(45(41,42)30-20-12-18-26-19-13-21-36-31(26)30)24-28-17-11-10-16-27(28)23-37-33(40)44-35(4,5)6/h7-21,29-31H,22-24H2,1-6H3,(H,37,40)/t29-,30?,31?/m0/s1. The number of amides is 1. The molecule has 0 radical (unpaired) electrons. The fraction of sp³-hybridized carbons (Fsp3) is 0.400. The van der Waals surface area contributed by atoms with Crippen molar-refractivity contribution >= 4 is 28.3 Å². The van der Waals surface area contributed by atoms with Crippen molar-refractivity contribution in [3.05, 3.63) is 107 Å². The van der Waals surface area contributed by atoms with Crippen molar-refractivity contribution in [2.45, 2.75) is 89.6 Å². The molecule has 0 fully saturated rings. The maximum absolute atomic E-state index is 14.8. The number of sulfonamides is 1. The zero-order valence-electron chi connectivity index (χ0n) is 26.8. The molecule has 0 spiro atoms. The van der Waals surface area contributed by atoms with Crippen LogP contribution in [0.4, 0.5) is 4.79 Å². The summed E-state index contributed by atoms with van der Waals surface area (Å²) in [6.07, 6.45) is 9.92. The number of dihydropyridines is 1. The molecule has 1 aliphatic heterocycles. The molecule has 2 aromatic rings. The third-order valence-electron chi connectivity index (χ3n) is 7.10. The molecule has 240 valence electrons. The highest BCUT2D eigenvalue weighted by atomic mass is 32.2. The number of aliphatic imine (C=N–C) groups is 1. The van der Waals surface area contributed by atoms with Crippen LogP contribution >= 0.6 is 0 Å². The lowest BCUT2D eigenvalue weighted by molar-refractivity contribution is -0.159. The molecule has 0 bridgehead atoms. The van der Waals surface area contributed by atoms with Crippen LogP contribution in [0.25, 0.3) is 0 Å². The highest BCUT2D eigenvalue weighted by Crippen LogP contribution is 2.31. The molecule has 2 unspecified atom stereocenters. The van der Waals surface area contributed by atoms with Gasteiger partial charge in [-0.1, -0.05) is 78.9 Å². The van der Waals surface area contributed by atoms with Gasteiger partial charge in [-0.25, -0.2) is 13.2 Å². The van der Waals surface area contributed by atoms with E-state index < -0.39 is 50.6 Å². The maximum Gasteiger partial charge on any atom is 0.407 e. The van der Waals surface area contributed by atoms with Crippen molar-refractivity contribution < 1.29 is 27.5 Å². The lowest BCUT2D eigenvalue weighted by atomic mass is 9.97. The van der Waals surface area contributed by atoms with Gasteiger partial charge in [0, 0.05) is 19.3 Å². The third-order valence-corrected chi connectivity index (χ3v) is 9.24. The molecule has 1 N–H and O–H groups in total. The largest absolute Gasteiger partial charge is 0.459 e. The zero-order chi connectivity index (χ0) is 32.8. The van der Waals surface area contributed by atoms with Gasteiger partial charge >= 0.3 is 12.1 Å². The summed E-state index contributed by atoms with van der Waals surface area (Å²) in [6.45, 7) is 10.6. The first-order chi connectivity index (χ1) is 21.1. The summed E-state index contributed by atoms with van der Waals surface area (Å²) < 4.78 is 42.2. The van der Waals surface area contributed by atoms with Gasteiger partial charge in [-0.05, 0) is 76.3 Å². The predicted molar refractivity (Wildman–Crippen MR) is 176 cm³/mol. The Morgan fingerprint density at radius 2 is 1.56 bits per heavy atom. The predicted octanol–water partition coefficient (Wildman–Crippen LogP) is 5.67. The van der Waals surface area contributed by atoms with Crippen molar-refractivity contribution in [1.82, 2.24) is 9.62 Å². The molecule has 1 amide bonds. The Hall–Kier alpha value is -4.02. The molecule has 4 rings (SSSR count). The number of ether oxygens (including phenoxy) is 2. The molecule has 10 heteroatoms. The first-order valence-electron chi connectivity index (χ1n) is 15.0. The quantitative estimate of drug-likeness (QED) is 0.337. The number of benzene rings is 2. The van der Waals surface area contributed by atoms with Crippen LogP contribution in [0.2, 0.25) is 0 Å². The fourth-order valence-electron chi connectivity index (χ4n) is 5.13. The van der Waals surface area contributed by atoms with Crippen LogP contribution in [0.15, 0.2) is 95.5 Å². The first-order valence-corrected chi connectivity index (χ1v) is 16.5. The summed E-state index contributed by atoms with van der Waals surface area (Å²) in [5.41, 5.74) is 1.34. The molecule has 3 atom stereocenters. The second kappa shape index (κ2) is 14.0. The second-order valence-corrected chi connectivity index (χ2v) is 15.1. The van der Waals surface area contributed by atoms with Gasteiger partial charge in [0.15, 0.2) is 0 Å². The van der Waals surface area contributed by atoms with Gasteiger partial charge in [-0.2, -0.15) is 4.31 Å². The van der Waals surface area contributed by atoms with Gasteiger partial charge in [-0.3, -0.25) is 9.79 Å². The Morgan fingerprint density at radius 3 is 2.22 bits per heavy atom. The van der Waals surface area contributed by atoms with Crippen LogP contribution in [0, 0.1) is 0 Å². The van der Waals surface area contributed by atoms with Crippen molar-refractivity contribution in [3.8, 4) is 0 Å². The number of hydrogen-bond donors (Lipinski definition) is 1. The van der Waals surface area contributed by atoms with Crippen LogP contribution < -0.4 is 5.32 Å². The molecular formula is C35H43N3O6S. The van der Waals surface area contributed by atoms with E-state index in [2.05, 4.69) is 10.3 Å². The number of rotatable bonds is 10. The number of esters is 1. The number of allylic oxidation sites excluding steroid dienone is 3. The van der Waals surface area contributed by atoms with E-state index >= 15 is 0 Å². The van der Waals surface area contributed by atoms with Crippen molar-refractivity contribution in [1.29, 1.82) is 0 Å². The fourth-order valence-corrected chi connectivity index (χ4v) is 7.12. The third kappa shape index (κ3) is 9.25. The van der Waals surface area contributed by atoms with Gasteiger partial charge in [0.1, 0.15) is 22.5 Å². The van der Waals surface area contributed by atoms with Gasteiger partial charge in [0.2, 0.25) is 10.0 Å². The minimum absolute atomic E-state index is 0.0975. The lowest BCUT2D eigenvalue weighted by Gasteiger charge is -2.36. The lowest BCUT2D eigenvalue weighted by Crippen LogP contribution is -2.53. The Morgan fingerprint density at radius 1 is 0.911 bits per heavy atom. The number of hydrogen-bond acceptors (Lipinski definition) is 7. The Bertz CT molecular complexity index is 1600. The SMILES string of the molecule is CC(C)(C)OC(=O)NCc1ccccc1CN([C@@H](Cc1ccccc1)C(=O)OC(C)(C)C)S(=O)(=O)C1C=CC=C2C=CC=NC21. The number of nitrogens with zero attached hydrogens (tertiary/aromatic N) is 2. The minimum Gasteiger partial charge on any atom is -0.459 e. The van der Waals surface area contributed by atoms with E-state index in [9.17, 15) is 18.0 Å². The molecule has 45 heavy (non-hydrogen) atoms. The molecule has 2 aliphatic rings. The van der Waals surface area contributed by atoms with E-state index in [1.807, 2.05) is 54.6 Å². The summed E-state index contributed by atoms with van der Waals surface area (Å²) >= 11 is 0. The Labute approximate surface area is 266 Å². The average Bonchev–Trinajstić information content (AvgIpc) is 2.96. The Balaban J connectivity index is 1.78. The van der Waals surface area contributed by atoms with Crippen LogP contribution in [0.5, 0.6) is 0 Å². The molecular weight excluding hydrogens is 590 g/mol. The molecule has 9 nitrogen and oxygen atoms in total. The monoisotopic (exact) mass is 633 g/mol. The van der Waals surface area contributed by atoms with E-state index in [4.69, 9.17) is 9.47 Å². The van der Waals surface area contributed by atoms with Crippen LogP contribution in [-0.2, 0) is 43.8 Å². The van der Waals surface area contributed by atoms with E-state index in [0.29, 0.717) is 11.1 Å². The van der Waals surface area contributed by atoms with E-state index in [0.717, 1.165) is 11.1 Å². The van der Waals surface area contributed by atoms with Crippen molar-refractivity contribution in [2.24, 2.45) is 4.99 Å². The van der Waals surface area contributed by atoms with Gasteiger partial charge in [0.05, 0.1) is 6.04 Å².